The second-order valence-corrected chi connectivity index (χ2v) is 6.38. The zero-order valence-corrected chi connectivity index (χ0v) is 16.8. The highest BCUT2D eigenvalue weighted by molar-refractivity contribution is 6.12. The van der Waals surface area contributed by atoms with Crippen molar-refractivity contribution in [3.05, 3.63) is 90.3 Å². The second kappa shape index (κ2) is 9.78. The number of carbonyl (C=O) groups excluding carboxylic acids is 3. The van der Waals surface area contributed by atoms with E-state index in [1.54, 1.807) is 18.2 Å². The molecule has 0 aliphatic heterocycles. The highest BCUT2D eigenvalue weighted by Gasteiger charge is 2.18. The number of amides is 3. The highest BCUT2D eigenvalue weighted by atomic mass is 16.2. The largest absolute Gasteiger partial charge is 0.290 e. The fourth-order valence-electron chi connectivity index (χ4n) is 2.63. The van der Waals surface area contributed by atoms with Crippen molar-refractivity contribution in [2.75, 3.05) is 16.0 Å². The Morgan fingerprint density at radius 1 is 0.455 bits per heavy atom. The Hall–Kier alpha value is -5.13. The van der Waals surface area contributed by atoms with Gasteiger partial charge in [-0.15, -0.1) is 0 Å². The van der Waals surface area contributed by atoms with E-state index in [0.29, 0.717) is 0 Å². The number of hydrogen-bond donors (Lipinski definition) is 3. The highest BCUT2D eigenvalue weighted by Crippen LogP contribution is 2.15. The summed E-state index contributed by atoms with van der Waals surface area (Å²) in [6.07, 6.45) is 8.78. The van der Waals surface area contributed by atoms with Crippen LogP contribution >= 0.6 is 0 Å². The fraction of sp³-hybridized carbons (Fsp3) is 0. The summed E-state index contributed by atoms with van der Waals surface area (Å²) in [7, 11) is 0. The molecule has 12 nitrogen and oxygen atoms in total. The summed E-state index contributed by atoms with van der Waals surface area (Å²) in [5.74, 6) is -1.64. The van der Waals surface area contributed by atoms with E-state index in [1.165, 1.54) is 55.4 Å². The quantitative estimate of drug-likeness (QED) is 0.404. The van der Waals surface area contributed by atoms with Crippen LogP contribution in [0.25, 0.3) is 0 Å². The topological polar surface area (TPSA) is 165 Å². The molecule has 0 saturated carbocycles. The number of aromatic nitrogens is 6. The van der Waals surface area contributed by atoms with Gasteiger partial charge in [0.25, 0.3) is 17.7 Å². The lowest BCUT2D eigenvalue weighted by Gasteiger charge is -2.10. The monoisotopic (exact) mass is 441 g/mol. The number of nitrogens with zero attached hydrogens (tertiary/aromatic N) is 6. The molecule has 1 aromatic carbocycles. The van der Waals surface area contributed by atoms with E-state index in [1.807, 2.05) is 0 Å². The van der Waals surface area contributed by atoms with Gasteiger partial charge in [-0.1, -0.05) is 0 Å². The fourth-order valence-corrected chi connectivity index (χ4v) is 2.63. The van der Waals surface area contributed by atoms with Gasteiger partial charge >= 0.3 is 0 Å². The Morgan fingerprint density at radius 2 is 0.697 bits per heavy atom. The standard InChI is InChI=1S/C21H15N9O3/c31-16(28-19-22-4-1-5-23-19)13-10-14(17(32)29-20-24-6-2-7-25-20)12-15(11-13)18(33)30-21-26-8-3-9-27-21/h1-12H,(H,22,23,28,31)(H,24,25,29,32)(H,26,27,30,33). The van der Waals surface area contributed by atoms with Gasteiger partial charge in [-0.05, 0) is 36.4 Å². The lowest BCUT2D eigenvalue weighted by Crippen LogP contribution is -2.20. The average Bonchev–Trinajstić information content (AvgIpc) is 2.85. The lowest BCUT2D eigenvalue weighted by atomic mass is 10.0. The van der Waals surface area contributed by atoms with Crippen molar-refractivity contribution in [2.45, 2.75) is 0 Å². The Balaban J connectivity index is 1.65. The van der Waals surface area contributed by atoms with Gasteiger partial charge in [0.05, 0.1) is 0 Å². The molecular weight excluding hydrogens is 426 g/mol. The number of rotatable bonds is 6. The first-order valence-electron chi connectivity index (χ1n) is 9.49. The summed E-state index contributed by atoms with van der Waals surface area (Å²) >= 11 is 0. The first kappa shape index (κ1) is 21.1. The van der Waals surface area contributed by atoms with Crippen LogP contribution in [-0.2, 0) is 0 Å². The summed E-state index contributed by atoms with van der Waals surface area (Å²) in [6, 6.07) is 8.77. The third-order valence-corrected chi connectivity index (χ3v) is 4.09. The molecule has 0 unspecified atom stereocenters. The van der Waals surface area contributed by atoms with Gasteiger partial charge in [0.2, 0.25) is 17.8 Å². The molecule has 0 saturated heterocycles. The van der Waals surface area contributed by atoms with Gasteiger partial charge in [-0.3, -0.25) is 30.3 Å². The van der Waals surface area contributed by atoms with Crippen molar-refractivity contribution < 1.29 is 14.4 Å². The van der Waals surface area contributed by atoms with Gasteiger partial charge in [-0.2, -0.15) is 0 Å². The number of hydrogen-bond acceptors (Lipinski definition) is 9. The predicted molar refractivity (Wildman–Crippen MR) is 116 cm³/mol. The van der Waals surface area contributed by atoms with Crippen molar-refractivity contribution in [3.8, 4) is 0 Å². The van der Waals surface area contributed by atoms with Crippen LogP contribution in [0.3, 0.4) is 0 Å². The molecule has 0 spiro atoms. The molecule has 0 radical (unpaired) electrons. The Morgan fingerprint density at radius 3 is 0.939 bits per heavy atom. The Labute approximate surface area is 186 Å². The molecule has 162 valence electrons. The van der Waals surface area contributed by atoms with Crippen molar-refractivity contribution >= 4 is 35.6 Å². The summed E-state index contributed by atoms with van der Waals surface area (Å²) in [4.78, 5) is 61.9. The maximum atomic E-state index is 12.8. The summed E-state index contributed by atoms with van der Waals surface area (Å²) in [5.41, 5.74) is 0.0923. The molecule has 4 rings (SSSR count). The molecular formula is C21H15N9O3. The van der Waals surface area contributed by atoms with E-state index in [2.05, 4.69) is 45.9 Å². The van der Waals surface area contributed by atoms with Crippen molar-refractivity contribution in [2.24, 2.45) is 0 Å². The predicted octanol–water partition coefficient (Wildman–Crippen LogP) is 1.81. The minimum atomic E-state index is -0.614. The molecule has 3 amide bonds. The van der Waals surface area contributed by atoms with Crippen LogP contribution in [0.5, 0.6) is 0 Å². The molecule has 33 heavy (non-hydrogen) atoms. The molecule has 4 aromatic rings. The summed E-state index contributed by atoms with van der Waals surface area (Å²) in [6.45, 7) is 0. The smallest absolute Gasteiger partial charge is 0.258 e. The first-order chi connectivity index (χ1) is 16.1. The van der Waals surface area contributed by atoms with Crippen molar-refractivity contribution in [1.29, 1.82) is 0 Å². The molecule has 0 atom stereocenters. The maximum absolute atomic E-state index is 12.8. The molecule has 3 heterocycles. The zero-order chi connectivity index (χ0) is 23.0. The van der Waals surface area contributed by atoms with Gasteiger partial charge in [0.1, 0.15) is 0 Å². The number of anilines is 3. The van der Waals surface area contributed by atoms with E-state index in [-0.39, 0.29) is 34.5 Å². The maximum Gasteiger partial charge on any atom is 0.258 e. The number of nitrogens with one attached hydrogen (secondary N) is 3. The molecule has 0 fully saturated rings. The van der Waals surface area contributed by atoms with Crippen LogP contribution < -0.4 is 16.0 Å². The van der Waals surface area contributed by atoms with Gasteiger partial charge in [-0.25, -0.2) is 29.9 Å². The molecule has 3 aromatic heterocycles. The molecule has 12 heteroatoms. The molecule has 0 aliphatic rings. The van der Waals surface area contributed by atoms with Gasteiger partial charge < -0.3 is 0 Å². The minimum Gasteiger partial charge on any atom is -0.290 e. The van der Waals surface area contributed by atoms with Crippen molar-refractivity contribution in [3.63, 3.8) is 0 Å². The van der Waals surface area contributed by atoms with E-state index >= 15 is 0 Å². The van der Waals surface area contributed by atoms with E-state index in [4.69, 9.17) is 0 Å². The molecule has 0 aliphatic carbocycles. The molecule has 3 N–H and O–H groups in total. The molecule has 0 bridgehead atoms. The van der Waals surface area contributed by atoms with Crippen LogP contribution in [0.4, 0.5) is 17.8 Å². The average molecular weight is 441 g/mol. The zero-order valence-electron chi connectivity index (χ0n) is 16.8. The number of benzene rings is 1. The van der Waals surface area contributed by atoms with Gasteiger partial charge in [0.15, 0.2) is 0 Å². The summed E-state index contributed by atoms with van der Waals surface area (Å²) in [5, 5.41) is 7.55. The van der Waals surface area contributed by atoms with E-state index < -0.39 is 17.7 Å². The lowest BCUT2D eigenvalue weighted by molar-refractivity contribution is 0.102. The van der Waals surface area contributed by atoms with E-state index in [0.717, 1.165) is 0 Å². The number of carbonyl (C=O) groups is 3. The third kappa shape index (κ3) is 5.52. The normalized spacial score (nSPS) is 10.2. The third-order valence-electron chi connectivity index (χ3n) is 4.09. The van der Waals surface area contributed by atoms with Crippen molar-refractivity contribution in [1.82, 2.24) is 29.9 Å². The Bertz CT molecular complexity index is 1110. The Kier molecular flexibility index (Phi) is 6.26. The van der Waals surface area contributed by atoms with Crippen LogP contribution in [-0.4, -0.2) is 47.6 Å². The first-order valence-corrected chi connectivity index (χ1v) is 9.49. The van der Waals surface area contributed by atoms with E-state index in [9.17, 15) is 14.4 Å². The SMILES string of the molecule is O=C(Nc1ncccn1)c1cc(C(=O)Nc2ncccn2)cc(C(=O)Nc2ncccn2)c1. The minimum absolute atomic E-state index is 0.0308. The summed E-state index contributed by atoms with van der Waals surface area (Å²) < 4.78 is 0. The van der Waals surface area contributed by atoms with Crippen LogP contribution in [0, 0.1) is 0 Å². The van der Waals surface area contributed by atoms with Crippen LogP contribution in [0.2, 0.25) is 0 Å². The second-order valence-electron chi connectivity index (χ2n) is 6.38. The van der Waals surface area contributed by atoms with Crippen LogP contribution in [0.15, 0.2) is 73.6 Å². The van der Waals surface area contributed by atoms with Crippen LogP contribution in [0.1, 0.15) is 31.1 Å². The van der Waals surface area contributed by atoms with Gasteiger partial charge in [0, 0.05) is 53.9 Å².